The van der Waals surface area contributed by atoms with Crippen molar-refractivity contribution < 1.29 is 17.5 Å². The van der Waals surface area contributed by atoms with E-state index in [1.807, 2.05) is 66.1 Å². The van der Waals surface area contributed by atoms with Crippen molar-refractivity contribution in [3.63, 3.8) is 0 Å². The summed E-state index contributed by atoms with van der Waals surface area (Å²) in [6.07, 6.45) is 4.46. The van der Waals surface area contributed by atoms with Gasteiger partial charge in [0, 0.05) is 35.5 Å². The van der Waals surface area contributed by atoms with Gasteiger partial charge in [0.15, 0.2) is 6.54 Å². The van der Waals surface area contributed by atoms with Crippen LogP contribution < -0.4 is 24.2 Å². The van der Waals surface area contributed by atoms with Crippen LogP contribution in [0.4, 0.5) is 5.69 Å². The van der Waals surface area contributed by atoms with E-state index in [1.54, 1.807) is 23.1 Å². The molecule has 1 aliphatic heterocycles. The van der Waals surface area contributed by atoms with Gasteiger partial charge in [-0.15, -0.1) is 11.3 Å². The normalized spacial score (nSPS) is 14.5. The van der Waals surface area contributed by atoms with Gasteiger partial charge in [-0.05, 0) is 60.0 Å². The Bertz CT molecular complexity index is 2880. The van der Waals surface area contributed by atoms with Crippen LogP contribution in [0.2, 0.25) is 0 Å². The van der Waals surface area contributed by atoms with Gasteiger partial charge in [0.2, 0.25) is 5.69 Å². The average Bonchev–Trinajstić information content (AvgIpc) is 3.87. The number of rotatable bonds is 11. The molecule has 11 heteroatoms. The molecule has 282 valence electrons. The topological polar surface area (TPSA) is 83.5 Å². The Labute approximate surface area is 338 Å². The summed E-state index contributed by atoms with van der Waals surface area (Å²) in [6.45, 7) is 5.74. The Kier molecular flexibility index (Phi) is 11.0. The molecule has 0 unspecified atom stereocenters. The van der Waals surface area contributed by atoms with Crippen LogP contribution in [-0.4, -0.2) is 29.8 Å². The maximum absolute atomic E-state index is 14.6. The summed E-state index contributed by atoms with van der Waals surface area (Å²) in [5, 5.41) is 4.35. The summed E-state index contributed by atoms with van der Waals surface area (Å²) < 4.78 is 38.8. The van der Waals surface area contributed by atoms with Gasteiger partial charge in [0.1, 0.15) is 14.1 Å². The summed E-state index contributed by atoms with van der Waals surface area (Å²) in [4.78, 5) is 19.2. The van der Waals surface area contributed by atoms with Crippen molar-refractivity contribution in [2.24, 2.45) is 0 Å². The number of thiazole rings is 2. The van der Waals surface area contributed by atoms with Gasteiger partial charge in [-0.3, -0.25) is 13.9 Å². The Morgan fingerprint density at radius 2 is 1.45 bits per heavy atom. The van der Waals surface area contributed by atoms with Crippen LogP contribution in [0, 0.1) is 0 Å². The molecule has 0 amide bonds. The van der Waals surface area contributed by atoms with Crippen LogP contribution in [0.15, 0.2) is 148 Å². The Morgan fingerprint density at radius 1 is 0.786 bits per heavy atom. The van der Waals surface area contributed by atoms with Crippen molar-refractivity contribution in [2.45, 2.75) is 38.3 Å². The van der Waals surface area contributed by atoms with E-state index in [9.17, 15) is 17.8 Å². The molecule has 1 N–H and O–H groups in total. The number of thioether (sulfide) groups is 1. The van der Waals surface area contributed by atoms with E-state index in [4.69, 9.17) is 0 Å². The molecule has 3 heterocycles. The first-order valence-corrected chi connectivity index (χ1v) is 22.6. The second kappa shape index (κ2) is 16.2. The fourth-order valence-corrected chi connectivity index (χ4v) is 11.5. The first-order valence-electron chi connectivity index (χ1n) is 18.6. The summed E-state index contributed by atoms with van der Waals surface area (Å²) in [7, 11) is -4.16. The van der Waals surface area contributed by atoms with Crippen LogP contribution in [0.25, 0.3) is 44.1 Å². The van der Waals surface area contributed by atoms with E-state index in [1.165, 1.54) is 32.7 Å². The highest BCUT2D eigenvalue weighted by atomic mass is 32.2. The van der Waals surface area contributed by atoms with E-state index >= 15 is 0 Å². The minimum absolute atomic E-state index is 0.0606. The molecule has 0 atom stereocenters. The number of hydrogen-bond donors (Lipinski definition) is 1. The molecule has 8 rings (SSSR count). The molecule has 7 aromatic rings. The number of allylic oxidation sites excluding steroid dienone is 1. The van der Waals surface area contributed by atoms with Crippen molar-refractivity contribution in [3.8, 4) is 21.7 Å². The van der Waals surface area contributed by atoms with Crippen LogP contribution in [0.1, 0.15) is 30.8 Å². The quantitative estimate of drug-likeness (QED) is 0.104. The lowest BCUT2D eigenvalue weighted by atomic mass is 10.1. The minimum atomic E-state index is -4.16. The molecule has 0 spiro atoms. The van der Waals surface area contributed by atoms with Gasteiger partial charge in [-0.1, -0.05) is 132 Å². The van der Waals surface area contributed by atoms with E-state index in [2.05, 4.69) is 101 Å². The molecule has 1 aliphatic rings. The molecular formula is C45H40N3O4S4+. The highest BCUT2D eigenvalue weighted by molar-refractivity contribution is 8.04. The fourth-order valence-electron chi connectivity index (χ4n) is 7.24. The smallest absolute Gasteiger partial charge is 0.269 e. The Balaban J connectivity index is 1.36. The average molecular weight is 815 g/mol. The van der Waals surface area contributed by atoms with Crippen molar-refractivity contribution in [3.05, 3.63) is 169 Å². The zero-order valence-electron chi connectivity index (χ0n) is 31.0. The first kappa shape index (κ1) is 37.9. The summed E-state index contributed by atoms with van der Waals surface area (Å²) >= 11 is 4.83. The fraction of sp³-hybridized carbons (Fsp3) is 0.156. The lowest BCUT2D eigenvalue weighted by molar-refractivity contribution is -0.682. The third-order valence-electron chi connectivity index (χ3n) is 9.84. The minimum Gasteiger partial charge on any atom is -0.335 e. The van der Waals surface area contributed by atoms with E-state index < -0.39 is 10.1 Å². The predicted octanol–water partition coefficient (Wildman–Crippen LogP) is 8.55. The molecular weight excluding hydrogens is 775 g/mol. The van der Waals surface area contributed by atoms with Crippen molar-refractivity contribution in [2.75, 3.05) is 17.2 Å². The SMILES string of the molecule is CCN1C(=CC(c2ccccc2)=c2sc(=Cc3sc(-c4ccccc4)c(-c4ccccc4)[n+]3CCCS(=O)(=O)O)n(CC)c2=O)Sc2c1ccc1ccccc21. The third-order valence-corrected chi connectivity index (χ3v) is 14.1. The number of hydrogen-bond acceptors (Lipinski definition) is 7. The molecule has 0 aliphatic carbocycles. The maximum atomic E-state index is 14.6. The number of aromatic nitrogens is 2. The highest BCUT2D eigenvalue weighted by Gasteiger charge is 2.29. The van der Waals surface area contributed by atoms with Gasteiger partial charge >= 0.3 is 0 Å². The predicted molar refractivity (Wildman–Crippen MR) is 233 cm³/mol. The molecule has 0 saturated carbocycles. The number of nitrogens with zero attached hydrogens (tertiary/aromatic N) is 3. The highest BCUT2D eigenvalue weighted by Crippen LogP contribution is 2.49. The summed E-state index contributed by atoms with van der Waals surface area (Å²) in [5.41, 5.74) is 5.91. The number of anilines is 1. The zero-order chi connectivity index (χ0) is 38.8. The standard InChI is InChI=1S/C45H39N3O4S4/c1-3-46-37-26-25-32-19-14-15-24-35(32)43(37)54-38(46)29-36(31-17-8-5-9-18-31)44-45(49)47(4-2)39(55-44)30-40-48(27-16-28-56(50,51)52)41(33-20-10-6-11-21-33)42(53-40)34-22-12-7-13-23-34/h5-15,17-26,29-30H,3-4,16,27-28H2,1-2H3/p+1. The first-order chi connectivity index (χ1) is 27.2. The van der Waals surface area contributed by atoms with Gasteiger partial charge in [-0.2, -0.15) is 13.0 Å². The molecule has 2 aromatic heterocycles. The Hall–Kier alpha value is -5.04. The molecule has 5 aromatic carbocycles. The maximum Gasteiger partial charge on any atom is 0.269 e. The van der Waals surface area contributed by atoms with Gasteiger partial charge in [0.05, 0.1) is 22.5 Å². The van der Waals surface area contributed by atoms with Crippen LogP contribution in [-0.2, 0) is 23.2 Å². The molecule has 0 radical (unpaired) electrons. The summed E-state index contributed by atoms with van der Waals surface area (Å²) in [5.74, 6) is -0.358. The molecule has 0 fully saturated rings. The monoisotopic (exact) mass is 814 g/mol. The second-order valence-corrected chi connectivity index (χ2v) is 18.0. The van der Waals surface area contributed by atoms with Crippen molar-refractivity contribution >= 4 is 72.7 Å². The Morgan fingerprint density at radius 3 is 2.12 bits per heavy atom. The van der Waals surface area contributed by atoms with Gasteiger partial charge in [0.25, 0.3) is 20.7 Å². The van der Waals surface area contributed by atoms with Crippen LogP contribution >= 0.6 is 34.4 Å². The van der Waals surface area contributed by atoms with Crippen LogP contribution in [0.5, 0.6) is 0 Å². The van der Waals surface area contributed by atoms with Gasteiger partial charge in [-0.25, -0.2) is 0 Å². The third kappa shape index (κ3) is 7.57. The summed E-state index contributed by atoms with van der Waals surface area (Å²) in [6, 6.07) is 43.2. The van der Waals surface area contributed by atoms with Crippen molar-refractivity contribution in [1.29, 1.82) is 0 Å². The molecule has 0 bridgehead atoms. The van der Waals surface area contributed by atoms with E-state index in [0.717, 1.165) is 54.1 Å². The van der Waals surface area contributed by atoms with Crippen LogP contribution in [0.3, 0.4) is 0 Å². The number of benzene rings is 5. The van der Waals surface area contributed by atoms with Gasteiger partial charge < -0.3 is 4.90 Å². The van der Waals surface area contributed by atoms with E-state index in [0.29, 0.717) is 17.6 Å². The zero-order valence-corrected chi connectivity index (χ0v) is 34.2. The van der Waals surface area contributed by atoms with Crippen molar-refractivity contribution in [1.82, 2.24) is 4.57 Å². The molecule has 7 nitrogen and oxygen atoms in total. The lowest BCUT2D eigenvalue weighted by Gasteiger charge is -2.18. The lowest BCUT2D eigenvalue weighted by Crippen LogP contribution is -2.39. The molecule has 0 saturated heterocycles. The molecule has 56 heavy (non-hydrogen) atoms. The number of fused-ring (bicyclic) bond motifs is 3. The van der Waals surface area contributed by atoms with E-state index in [-0.39, 0.29) is 17.7 Å². The largest absolute Gasteiger partial charge is 0.335 e. The second-order valence-electron chi connectivity index (χ2n) is 13.3.